The fourth-order valence-electron chi connectivity index (χ4n) is 1.90. The molecule has 0 aliphatic rings. The average molecular weight is 406 g/mol. The molecule has 0 saturated carbocycles. The second-order valence-electron chi connectivity index (χ2n) is 4.53. The van der Waals surface area contributed by atoms with Gasteiger partial charge in [-0.05, 0) is 58.2 Å². The first-order valence-corrected chi connectivity index (χ1v) is 8.22. The summed E-state index contributed by atoms with van der Waals surface area (Å²) in [6, 6.07) is 8.91. The molecule has 1 N–H and O–H groups in total. The van der Waals surface area contributed by atoms with E-state index in [9.17, 15) is 5.11 Å². The van der Waals surface area contributed by atoms with E-state index in [0.29, 0.717) is 34.8 Å². The molecule has 0 saturated heterocycles. The van der Waals surface area contributed by atoms with Crippen molar-refractivity contribution in [2.24, 2.45) is 0 Å². The Labute approximate surface area is 147 Å². The van der Waals surface area contributed by atoms with Crippen LogP contribution in [-0.4, -0.2) is 11.7 Å². The molecule has 0 amide bonds. The van der Waals surface area contributed by atoms with Gasteiger partial charge >= 0.3 is 0 Å². The van der Waals surface area contributed by atoms with Gasteiger partial charge in [0.1, 0.15) is 6.61 Å². The summed E-state index contributed by atoms with van der Waals surface area (Å²) >= 11 is 15.3. The zero-order chi connectivity index (χ0) is 16.1. The van der Waals surface area contributed by atoms with E-state index in [2.05, 4.69) is 15.9 Å². The topological polar surface area (TPSA) is 38.7 Å². The largest absolute Gasteiger partial charge is 0.490 e. The number of halogens is 3. The van der Waals surface area contributed by atoms with E-state index in [4.69, 9.17) is 32.7 Å². The number of rotatable bonds is 6. The van der Waals surface area contributed by atoms with E-state index in [1.54, 1.807) is 24.3 Å². The maximum atomic E-state index is 9.27. The van der Waals surface area contributed by atoms with Gasteiger partial charge in [-0.3, -0.25) is 0 Å². The van der Waals surface area contributed by atoms with Crippen LogP contribution >= 0.6 is 39.1 Å². The van der Waals surface area contributed by atoms with Gasteiger partial charge in [-0.15, -0.1) is 0 Å². The molecule has 3 nitrogen and oxygen atoms in total. The smallest absolute Gasteiger partial charge is 0.175 e. The lowest BCUT2D eigenvalue weighted by molar-refractivity contribution is 0.262. The standard InChI is InChI=1S/C16H15BrCl2O3/c1-2-21-15-7-11(8-20)5-12(17)16(15)22-9-10-3-4-13(18)14(19)6-10/h3-7,20H,2,8-9H2,1H3. The molecule has 0 unspecified atom stereocenters. The van der Waals surface area contributed by atoms with Crippen molar-refractivity contribution in [1.82, 2.24) is 0 Å². The highest BCUT2D eigenvalue weighted by Crippen LogP contribution is 2.37. The highest BCUT2D eigenvalue weighted by atomic mass is 79.9. The van der Waals surface area contributed by atoms with Crippen molar-refractivity contribution < 1.29 is 14.6 Å². The summed E-state index contributed by atoms with van der Waals surface area (Å²) in [7, 11) is 0. The predicted molar refractivity (Wildman–Crippen MR) is 92.0 cm³/mol. The monoisotopic (exact) mass is 404 g/mol. The van der Waals surface area contributed by atoms with Crippen molar-refractivity contribution in [2.45, 2.75) is 20.1 Å². The van der Waals surface area contributed by atoms with Crippen molar-refractivity contribution in [3.05, 3.63) is 56.0 Å². The van der Waals surface area contributed by atoms with Gasteiger partial charge in [0.2, 0.25) is 0 Å². The molecule has 0 fully saturated rings. The third-order valence-electron chi connectivity index (χ3n) is 2.92. The zero-order valence-electron chi connectivity index (χ0n) is 11.9. The Morgan fingerprint density at radius 3 is 2.45 bits per heavy atom. The van der Waals surface area contributed by atoms with Crippen LogP contribution in [0.1, 0.15) is 18.1 Å². The average Bonchev–Trinajstić information content (AvgIpc) is 2.50. The van der Waals surface area contributed by atoms with Crippen molar-refractivity contribution in [3.63, 3.8) is 0 Å². The second kappa shape index (κ2) is 8.06. The molecule has 0 heterocycles. The molecule has 2 rings (SSSR count). The summed E-state index contributed by atoms with van der Waals surface area (Å²) in [5.74, 6) is 1.17. The highest BCUT2D eigenvalue weighted by Gasteiger charge is 2.12. The summed E-state index contributed by atoms with van der Waals surface area (Å²) in [6.45, 7) is 2.66. The van der Waals surface area contributed by atoms with E-state index in [1.165, 1.54) is 0 Å². The van der Waals surface area contributed by atoms with Gasteiger partial charge in [-0.25, -0.2) is 0 Å². The fraction of sp³-hybridized carbons (Fsp3) is 0.250. The SMILES string of the molecule is CCOc1cc(CO)cc(Br)c1OCc1ccc(Cl)c(Cl)c1. The molecule has 118 valence electrons. The van der Waals surface area contributed by atoms with Crippen molar-refractivity contribution in [2.75, 3.05) is 6.61 Å². The van der Waals surface area contributed by atoms with Gasteiger partial charge in [-0.2, -0.15) is 0 Å². The predicted octanol–water partition coefficient (Wildman–Crippen LogP) is 5.23. The number of aliphatic hydroxyl groups excluding tert-OH is 1. The van der Waals surface area contributed by atoms with Crippen LogP contribution in [0.3, 0.4) is 0 Å². The molecular formula is C16H15BrCl2O3. The van der Waals surface area contributed by atoms with Crippen LogP contribution in [0.5, 0.6) is 11.5 Å². The van der Waals surface area contributed by atoms with Gasteiger partial charge in [0, 0.05) is 0 Å². The Kier molecular flexibility index (Phi) is 6.38. The zero-order valence-corrected chi connectivity index (χ0v) is 15.0. The molecule has 0 radical (unpaired) electrons. The molecule has 0 aliphatic carbocycles. The molecule has 2 aromatic carbocycles. The molecule has 6 heteroatoms. The molecule has 0 atom stereocenters. The summed E-state index contributed by atoms with van der Waals surface area (Å²) in [6.07, 6.45) is 0. The number of aliphatic hydroxyl groups is 1. The second-order valence-corrected chi connectivity index (χ2v) is 6.20. The first kappa shape index (κ1) is 17.4. The number of benzene rings is 2. The first-order chi connectivity index (χ1) is 10.5. The number of hydrogen-bond acceptors (Lipinski definition) is 3. The summed E-state index contributed by atoms with van der Waals surface area (Å²) < 4.78 is 12.1. The summed E-state index contributed by atoms with van der Waals surface area (Å²) in [5, 5.41) is 10.3. The molecule has 22 heavy (non-hydrogen) atoms. The Bertz CT molecular complexity index is 662. The van der Waals surface area contributed by atoms with Crippen LogP contribution in [0.2, 0.25) is 10.0 Å². The number of hydrogen-bond donors (Lipinski definition) is 1. The molecule has 0 spiro atoms. The molecule has 0 aliphatic heterocycles. The van der Waals surface area contributed by atoms with E-state index >= 15 is 0 Å². The van der Waals surface area contributed by atoms with E-state index < -0.39 is 0 Å². The van der Waals surface area contributed by atoms with Gasteiger partial charge < -0.3 is 14.6 Å². The Balaban J connectivity index is 2.22. The van der Waals surface area contributed by atoms with Gasteiger partial charge in [0.05, 0.1) is 27.7 Å². The molecular weight excluding hydrogens is 391 g/mol. The van der Waals surface area contributed by atoms with E-state index in [1.807, 2.05) is 13.0 Å². The van der Waals surface area contributed by atoms with Gasteiger partial charge in [0.15, 0.2) is 11.5 Å². The van der Waals surface area contributed by atoms with E-state index in [0.717, 1.165) is 15.6 Å². The molecule has 0 bridgehead atoms. The normalized spacial score (nSPS) is 10.6. The maximum absolute atomic E-state index is 9.27. The third kappa shape index (κ3) is 4.29. The summed E-state index contributed by atoms with van der Waals surface area (Å²) in [4.78, 5) is 0. The van der Waals surface area contributed by atoms with Crippen LogP contribution in [-0.2, 0) is 13.2 Å². The van der Waals surface area contributed by atoms with Crippen LogP contribution in [0.4, 0.5) is 0 Å². The fourth-order valence-corrected chi connectivity index (χ4v) is 2.83. The summed E-state index contributed by atoms with van der Waals surface area (Å²) in [5.41, 5.74) is 1.65. The third-order valence-corrected chi connectivity index (χ3v) is 4.25. The first-order valence-electron chi connectivity index (χ1n) is 6.68. The highest BCUT2D eigenvalue weighted by molar-refractivity contribution is 9.10. The quantitative estimate of drug-likeness (QED) is 0.715. The van der Waals surface area contributed by atoms with Crippen LogP contribution < -0.4 is 9.47 Å². The minimum atomic E-state index is -0.0637. The molecule has 0 aromatic heterocycles. The molecule has 2 aromatic rings. The van der Waals surface area contributed by atoms with Crippen molar-refractivity contribution >= 4 is 39.1 Å². The Morgan fingerprint density at radius 2 is 1.82 bits per heavy atom. The van der Waals surface area contributed by atoms with Crippen molar-refractivity contribution in [1.29, 1.82) is 0 Å². The minimum absolute atomic E-state index is 0.0637. The minimum Gasteiger partial charge on any atom is -0.490 e. The Morgan fingerprint density at radius 1 is 1.05 bits per heavy atom. The lowest BCUT2D eigenvalue weighted by Crippen LogP contribution is -2.01. The van der Waals surface area contributed by atoms with Gasteiger partial charge in [0.25, 0.3) is 0 Å². The maximum Gasteiger partial charge on any atom is 0.175 e. The van der Waals surface area contributed by atoms with Crippen LogP contribution in [0.15, 0.2) is 34.8 Å². The number of ether oxygens (including phenoxy) is 2. The lowest BCUT2D eigenvalue weighted by Gasteiger charge is -2.15. The lowest BCUT2D eigenvalue weighted by atomic mass is 10.2. The van der Waals surface area contributed by atoms with Crippen LogP contribution in [0, 0.1) is 0 Å². The van der Waals surface area contributed by atoms with Crippen LogP contribution in [0.25, 0.3) is 0 Å². The van der Waals surface area contributed by atoms with Gasteiger partial charge in [-0.1, -0.05) is 29.3 Å². The Hall–Kier alpha value is -0.940. The van der Waals surface area contributed by atoms with E-state index in [-0.39, 0.29) is 6.61 Å². The van der Waals surface area contributed by atoms with Crippen molar-refractivity contribution in [3.8, 4) is 11.5 Å².